The fourth-order valence-corrected chi connectivity index (χ4v) is 2.70. The monoisotopic (exact) mass is 411 g/mol. The van der Waals surface area contributed by atoms with E-state index in [4.69, 9.17) is 4.74 Å². The predicted octanol–water partition coefficient (Wildman–Crippen LogP) is 4.71. The fourth-order valence-electron chi connectivity index (χ4n) is 1.19. The van der Waals surface area contributed by atoms with Crippen molar-refractivity contribution in [2.45, 2.75) is 33.3 Å². The fraction of sp³-hybridized carbons (Fsp3) is 0.417. The summed E-state index contributed by atoms with van der Waals surface area (Å²) in [7, 11) is 0. The molecule has 0 atom stereocenters. The largest absolute Gasteiger partial charge is 0.444 e. The van der Waals surface area contributed by atoms with E-state index in [1.807, 2.05) is 39.8 Å². The van der Waals surface area contributed by atoms with Crippen molar-refractivity contribution < 1.29 is 9.53 Å². The average molecular weight is 412 g/mol. The van der Waals surface area contributed by atoms with Crippen LogP contribution in [0.15, 0.2) is 16.6 Å². The van der Waals surface area contributed by atoms with Crippen molar-refractivity contribution in [1.29, 1.82) is 0 Å². The first-order valence-electron chi connectivity index (χ1n) is 5.15. The van der Waals surface area contributed by atoms with Gasteiger partial charge in [-0.1, -0.05) is 15.9 Å². The maximum absolute atomic E-state index is 11.7. The lowest BCUT2D eigenvalue weighted by Gasteiger charge is -2.20. The Morgan fingerprint density at radius 2 is 2.00 bits per heavy atom. The topological polar surface area (TPSA) is 38.3 Å². The van der Waals surface area contributed by atoms with Crippen molar-refractivity contribution in [1.82, 2.24) is 0 Å². The van der Waals surface area contributed by atoms with E-state index in [1.54, 1.807) is 0 Å². The highest BCUT2D eigenvalue weighted by Gasteiger charge is 2.17. The number of carbonyl (C=O) groups excluding carboxylic acids is 1. The Labute approximate surface area is 124 Å². The molecule has 5 heteroatoms. The van der Waals surface area contributed by atoms with Gasteiger partial charge in [0.15, 0.2) is 0 Å². The number of amides is 1. The number of halogens is 2. The number of anilines is 1. The standard InChI is InChI=1S/C12H15BrINO2/c1-7-9(14)5-8(13)6-10(7)15-11(16)17-12(2,3)4/h5-6H,1-4H3,(H,15,16). The lowest BCUT2D eigenvalue weighted by Crippen LogP contribution is -2.27. The lowest BCUT2D eigenvalue weighted by molar-refractivity contribution is 0.0636. The number of hydrogen-bond donors (Lipinski definition) is 1. The summed E-state index contributed by atoms with van der Waals surface area (Å²) in [6.45, 7) is 7.47. The van der Waals surface area contributed by atoms with E-state index in [9.17, 15) is 4.79 Å². The van der Waals surface area contributed by atoms with Crippen molar-refractivity contribution >= 4 is 50.3 Å². The Morgan fingerprint density at radius 1 is 1.41 bits per heavy atom. The highest BCUT2D eigenvalue weighted by molar-refractivity contribution is 14.1. The molecule has 94 valence electrons. The molecule has 0 aromatic heterocycles. The summed E-state index contributed by atoms with van der Waals surface area (Å²) in [5, 5.41) is 2.75. The molecule has 0 aliphatic heterocycles. The van der Waals surface area contributed by atoms with Gasteiger partial charge in [0.25, 0.3) is 0 Å². The van der Waals surface area contributed by atoms with E-state index in [2.05, 4.69) is 43.8 Å². The molecule has 0 unspecified atom stereocenters. The van der Waals surface area contributed by atoms with Gasteiger partial charge in [-0.05, 0) is 68.0 Å². The van der Waals surface area contributed by atoms with Gasteiger partial charge >= 0.3 is 6.09 Å². The maximum Gasteiger partial charge on any atom is 0.412 e. The lowest BCUT2D eigenvalue weighted by atomic mass is 10.2. The van der Waals surface area contributed by atoms with Gasteiger partial charge in [0, 0.05) is 13.7 Å². The number of ether oxygens (including phenoxy) is 1. The van der Waals surface area contributed by atoms with Crippen LogP contribution in [0, 0.1) is 10.5 Å². The van der Waals surface area contributed by atoms with Crippen LogP contribution in [0.1, 0.15) is 26.3 Å². The number of hydrogen-bond acceptors (Lipinski definition) is 2. The van der Waals surface area contributed by atoms with Gasteiger partial charge in [-0.2, -0.15) is 0 Å². The smallest absolute Gasteiger partial charge is 0.412 e. The molecule has 1 rings (SSSR count). The second-order valence-electron chi connectivity index (χ2n) is 4.69. The van der Waals surface area contributed by atoms with Crippen LogP contribution < -0.4 is 5.32 Å². The van der Waals surface area contributed by atoms with Crippen molar-refractivity contribution in [3.05, 3.63) is 25.7 Å². The summed E-state index contributed by atoms with van der Waals surface area (Å²) in [5.41, 5.74) is 1.30. The molecule has 0 saturated heterocycles. The Kier molecular flexibility index (Phi) is 4.83. The minimum Gasteiger partial charge on any atom is -0.444 e. The molecule has 17 heavy (non-hydrogen) atoms. The van der Waals surface area contributed by atoms with Crippen LogP contribution in [0.5, 0.6) is 0 Å². The molecule has 0 aliphatic carbocycles. The van der Waals surface area contributed by atoms with Crippen LogP contribution in [0.2, 0.25) is 0 Å². The third-order valence-electron chi connectivity index (χ3n) is 1.94. The van der Waals surface area contributed by atoms with Gasteiger partial charge < -0.3 is 4.74 Å². The Hall–Kier alpha value is -0.300. The van der Waals surface area contributed by atoms with Crippen LogP contribution in [0.4, 0.5) is 10.5 Å². The van der Waals surface area contributed by atoms with Crippen LogP contribution in [-0.4, -0.2) is 11.7 Å². The first-order chi connectivity index (χ1) is 7.69. The molecule has 0 aliphatic rings. The maximum atomic E-state index is 11.7. The van der Waals surface area contributed by atoms with Gasteiger partial charge in [-0.15, -0.1) is 0 Å². The highest BCUT2D eigenvalue weighted by Crippen LogP contribution is 2.26. The van der Waals surface area contributed by atoms with Crippen LogP contribution in [0.3, 0.4) is 0 Å². The SMILES string of the molecule is Cc1c(I)cc(Br)cc1NC(=O)OC(C)(C)C. The summed E-state index contributed by atoms with van der Waals surface area (Å²) in [4.78, 5) is 11.7. The number of benzene rings is 1. The molecule has 0 saturated carbocycles. The third kappa shape index (κ3) is 4.83. The van der Waals surface area contributed by atoms with Crippen LogP contribution in [-0.2, 0) is 4.74 Å². The minimum atomic E-state index is -0.489. The zero-order valence-electron chi connectivity index (χ0n) is 10.2. The summed E-state index contributed by atoms with van der Waals surface area (Å²) in [5.74, 6) is 0. The Morgan fingerprint density at radius 3 is 2.53 bits per heavy atom. The molecule has 0 heterocycles. The van der Waals surface area contributed by atoms with Crippen LogP contribution in [0.25, 0.3) is 0 Å². The van der Waals surface area contributed by atoms with E-state index >= 15 is 0 Å². The molecular weight excluding hydrogens is 397 g/mol. The predicted molar refractivity (Wildman–Crippen MR) is 81.5 cm³/mol. The van der Waals surface area contributed by atoms with Gasteiger partial charge in [-0.25, -0.2) is 4.79 Å². The van der Waals surface area contributed by atoms with Crippen molar-refractivity contribution in [2.24, 2.45) is 0 Å². The molecular formula is C12H15BrINO2. The summed E-state index contributed by atoms with van der Waals surface area (Å²) >= 11 is 5.63. The first kappa shape index (κ1) is 14.8. The Balaban J connectivity index is 2.85. The molecule has 1 aromatic carbocycles. The molecule has 1 N–H and O–H groups in total. The van der Waals surface area contributed by atoms with E-state index < -0.39 is 11.7 Å². The molecule has 1 amide bonds. The molecule has 0 radical (unpaired) electrons. The molecule has 0 fully saturated rings. The first-order valence-corrected chi connectivity index (χ1v) is 7.02. The van der Waals surface area contributed by atoms with E-state index in [1.165, 1.54) is 0 Å². The highest BCUT2D eigenvalue weighted by atomic mass is 127. The van der Waals surface area contributed by atoms with Crippen molar-refractivity contribution in [3.8, 4) is 0 Å². The Bertz CT molecular complexity index is 441. The van der Waals surface area contributed by atoms with Gasteiger partial charge in [0.1, 0.15) is 5.60 Å². The third-order valence-corrected chi connectivity index (χ3v) is 3.52. The second-order valence-corrected chi connectivity index (χ2v) is 6.76. The molecule has 3 nitrogen and oxygen atoms in total. The number of nitrogens with one attached hydrogen (secondary N) is 1. The minimum absolute atomic E-state index is 0.436. The van der Waals surface area contributed by atoms with Gasteiger partial charge in [-0.3, -0.25) is 5.32 Å². The zero-order valence-corrected chi connectivity index (χ0v) is 14.0. The zero-order chi connectivity index (χ0) is 13.2. The second kappa shape index (κ2) is 5.56. The van der Waals surface area contributed by atoms with E-state index in [-0.39, 0.29) is 0 Å². The molecule has 0 spiro atoms. The summed E-state index contributed by atoms with van der Waals surface area (Å²) < 4.78 is 7.22. The normalized spacial score (nSPS) is 11.2. The summed E-state index contributed by atoms with van der Waals surface area (Å²) in [6, 6.07) is 3.86. The van der Waals surface area contributed by atoms with Crippen LogP contribution >= 0.6 is 38.5 Å². The number of carbonyl (C=O) groups is 1. The average Bonchev–Trinajstić information content (AvgIpc) is 2.10. The quantitative estimate of drug-likeness (QED) is 0.679. The summed E-state index contributed by atoms with van der Waals surface area (Å²) in [6.07, 6.45) is -0.436. The van der Waals surface area contributed by atoms with Crippen molar-refractivity contribution in [2.75, 3.05) is 5.32 Å². The van der Waals surface area contributed by atoms with Gasteiger partial charge in [0.2, 0.25) is 0 Å². The number of rotatable bonds is 1. The van der Waals surface area contributed by atoms with Gasteiger partial charge in [0.05, 0.1) is 0 Å². The molecule has 1 aromatic rings. The van der Waals surface area contributed by atoms with E-state index in [0.29, 0.717) is 0 Å². The molecule has 0 bridgehead atoms. The van der Waals surface area contributed by atoms with Crippen molar-refractivity contribution in [3.63, 3.8) is 0 Å². The van der Waals surface area contributed by atoms with E-state index in [0.717, 1.165) is 19.3 Å².